The van der Waals surface area contributed by atoms with Crippen molar-refractivity contribution in [1.29, 1.82) is 0 Å². The van der Waals surface area contributed by atoms with Crippen LogP contribution in [-0.2, 0) is 16.1 Å². The van der Waals surface area contributed by atoms with Crippen LogP contribution in [0.5, 0.6) is 0 Å². The van der Waals surface area contributed by atoms with Gasteiger partial charge in [-0.2, -0.15) is 0 Å². The van der Waals surface area contributed by atoms with Gasteiger partial charge in [0.2, 0.25) is 5.91 Å². The fraction of sp³-hybridized carbons (Fsp3) is 0.476. The van der Waals surface area contributed by atoms with Crippen LogP contribution in [0.4, 0.5) is 11.6 Å². The predicted molar refractivity (Wildman–Crippen MR) is 113 cm³/mol. The zero-order valence-electron chi connectivity index (χ0n) is 16.4. The van der Waals surface area contributed by atoms with Crippen LogP contribution >= 0.6 is 11.6 Å². The van der Waals surface area contributed by atoms with Gasteiger partial charge in [0.15, 0.2) is 11.6 Å². The molecule has 2 saturated heterocycles. The topological polar surface area (TPSA) is 70.6 Å². The lowest BCUT2D eigenvalue weighted by molar-refractivity contribution is -0.125. The van der Waals surface area contributed by atoms with E-state index in [4.69, 9.17) is 16.3 Å². The van der Waals surface area contributed by atoms with Gasteiger partial charge in [0.05, 0.1) is 19.1 Å². The molecule has 1 amide bonds. The van der Waals surface area contributed by atoms with Crippen molar-refractivity contribution in [2.45, 2.75) is 19.4 Å². The number of rotatable bonds is 5. The molecule has 1 aromatic carbocycles. The van der Waals surface area contributed by atoms with Crippen molar-refractivity contribution in [1.82, 2.24) is 15.5 Å². The van der Waals surface area contributed by atoms with Crippen LogP contribution in [0.2, 0.25) is 5.02 Å². The Morgan fingerprint density at radius 2 is 1.72 bits per heavy atom. The summed E-state index contributed by atoms with van der Waals surface area (Å²) in [7, 11) is 0. The number of morpholine rings is 1. The summed E-state index contributed by atoms with van der Waals surface area (Å²) in [5.74, 6) is 1.75. The van der Waals surface area contributed by atoms with Gasteiger partial charge in [0.25, 0.3) is 0 Å². The number of amides is 1. The van der Waals surface area contributed by atoms with E-state index in [1.54, 1.807) is 0 Å². The van der Waals surface area contributed by atoms with Crippen LogP contribution in [0.25, 0.3) is 0 Å². The number of piperidine rings is 1. The van der Waals surface area contributed by atoms with Gasteiger partial charge < -0.3 is 19.9 Å². The molecule has 2 fully saturated rings. The third kappa shape index (κ3) is 5.16. The number of nitrogens with one attached hydrogen (secondary N) is 1. The van der Waals surface area contributed by atoms with E-state index < -0.39 is 0 Å². The molecule has 0 unspecified atom stereocenters. The van der Waals surface area contributed by atoms with Crippen molar-refractivity contribution in [3.8, 4) is 0 Å². The Labute approximate surface area is 176 Å². The van der Waals surface area contributed by atoms with Crippen LogP contribution in [0, 0.1) is 5.92 Å². The van der Waals surface area contributed by atoms with Crippen molar-refractivity contribution in [3.63, 3.8) is 0 Å². The molecule has 7 nitrogen and oxygen atoms in total. The number of carbonyl (C=O) groups is 1. The molecule has 0 aliphatic carbocycles. The van der Waals surface area contributed by atoms with E-state index in [-0.39, 0.29) is 11.8 Å². The number of hydrogen-bond acceptors (Lipinski definition) is 6. The maximum Gasteiger partial charge on any atom is 0.225 e. The summed E-state index contributed by atoms with van der Waals surface area (Å²) < 4.78 is 5.39. The normalized spacial score (nSPS) is 19.8. The average Bonchev–Trinajstić information content (AvgIpc) is 2.79. The van der Waals surface area contributed by atoms with Gasteiger partial charge in [-0.1, -0.05) is 23.7 Å². The first-order valence-corrected chi connectivity index (χ1v) is 10.5. The molecule has 2 aromatic rings. The Hall–Kier alpha value is -2.38. The van der Waals surface area contributed by atoms with Crippen LogP contribution in [-0.4, -0.2) is 55.5 Å². The third-order valence-electron chi connectivity index (χ3n) is 5.47. The van der Waals surface area contributed by atoms with Crippen molar-refractivity contribution >= 4 is 29.1 Å². The van der Waals surface area contributed by atoms with Crippen molar-refractivity contribution in [2.75, 3.05) is 49.2 Å². The fourth-order valence-electron chi connectivity index (χ4n) is 3.78. The molecule has 2 aliphatic heterocycles. The molecular formula is C21H26ClN5O2. The van der Waals surface area contributed by atoms with Gasteiger partial charge in [0.1, 0.15) is 0 Å². The zero-order valence-corrected chi connectivity index (χ0v) is 17.1. The summed E-state index contributed by atoms with van der Waals surface area (Å²) in [6.07, 6.45) is 1.86. The number of carbonyl (C=O) groups excluding carboxylic acids is 1. The van der Waals surface area contributed by atoms with Crippen LogP contribution in [0.1, 0.15) is 18.4 Å². The number of aromatic nitrogens is 2. The van der Waals surface area contributed by atoms with Crippen molar-refractivity contribution in [3.05, 3.63) is 47.0 Å². The van der Waals surface area contributed by atoms with E-state index in [0.717, 1.165) is 62.9 Å². The molecule has 2 aliphatic rings. The van der Waals surface area contributed by atoms with Gasteiger partial charge in [-0.05, 0) is 42.7 Å². The summed E-state index contributed by atoms with van der Waals surface area (Å²) in [5.41, 5.74) is 1.04. The highest BCUT2D eigenvalue weighted by atomic mass is 35.5. The molecule has 3 heterocycles. The summed E-state index contributed by atoms with van der Waals surface area (Å²) >= 11 is 5.91. The predicted octanol–water partition coefficient (Wildman–Crippen LogP) is 2.50. The first-order chi connectivity index (χ1) is 14.2. The number of ether oxygens (including phenoxy) is 1. The number of anilines is 2. The number of benzene rings is 1. The minimum Gasteiger partial charge on any atom is -0.378 e. The standard InChI is InChI=1S/C21H26ClN5O2/c22-18-5-3-16(4-6-18)14-23-21(28)17-2-1-9-27(15-17)20-8-7-19(24-25-20)26-10-12-29-13-11-26/h3-8,17H,1-2,9-15H2,(H,23,28)/t17-/m0/s1. The Morgan fingerprint density at radius 1 is 1.03 bits per heavy atom. The molecule has 0 radical (unpaired) electrons. The SMILES string of the molecule is O=C(NCc1ccc(Cl)cc1)[C@H]1CCCN(c2ccc(N3CCOCC3)nn2)C1. The number of nitrogens with zero attached hydrogens (tertiary/aromatic N) is 4. The summed E-state index contributed by atoms with van der Waals surface area (Å²) in [4.78, 5) is 17.0. The quantitative estimate of drug-likeness (QED) is 0.809. The van der Waals surface area contributed by atoms with E-state index in [2.05, 4.69) is 25.3 Å². The van der Waals surface area contributed by atoms with E-state index in [0.29, 0.717) is 18.1 Å². The molecule has 1 N–H and O–H groups in total. The second kappa shape index (κ2) is 9.41. The van der Waals surface area contributed by atoms with Crippen LogP contribution in [0.15, 0.2) is 36.4 Å². The molecule has 29 heavy (non-hydrogen) atoms. The second-order valence-corrected chi connectivity index (χ2v) is 7.92. The van der Waals surface area contributed by atoms with Gasteiger partial charge in [-0.15, -0.1) is 10.2 Å². The lowest BCUT2D eigenvalue weighted by atomic mass is 9.97. The maximum atomic E-state index is 12.7. The molecule has 1 aromatic heterocycles. The lowest BCUT2D eigenvalue weighted by Crippen LogP contribution is -2.43. The van der Waals surface area contributed by atoms with Gasteiger partial charge in [-0.25, -0.2) is 0 Å². The number of halogens is 1. The molecule has 8 heteroatoms. The highest BCUT2D eigenvalue weighted by Crippen LogP contribution is 2.23. The first kappa shape index (κ1) is 19.9. The molecule has 1 atom stereocenters. The average molecular weight is 416 g/mol. The molecule has 0 saturated carbocycles. The molecule has 154 valence electrons. The van der Waals surface area contributed by atoms with Crippen LogP contribution in [0.3, 0.4) is 0 Å². The fourth-order valence-corrected chi connectivity index (χ4v) is 3.91. The van der Waals surface area contributed by atoms with Crippen LogP contribution < -0.4 is 15.1 Å². The zero-order chi connectivity index (χ0) is 20.1. The van der Waals surface area contributed by atoms with Crippen molar-refractivity contribution in [2.24, 2.45) is 5.92 Å². The minimum absolute atomic E-state index is 0.0447. The van der Waals surface area contributed by atoms with E-state index in [1.165, 1.54) is 0 Å². The second-order valence-electron chi connectivity index (χ2n) is 7.48. The van der Waals surface area contributed by atoms with Gasteiger partial charge in [-0.3, -0.25) is 4.79 Å². The van der Waals surface area contributed by atoms with Gasteiger partial charge in [0, 0.05) is 37.7 Å². The highest BCUT2D eigenvalue weighted by Gasteiger charge is 2.26. The number of hydrogen-bond donors (Lipinski definition) is 1. The third-order valence-corrected chi connectivity index (χ3v) is 5.72. The minimum atomic E-state index is -0.0447. The maximum absolute atomic E-state index is 12.7. The van der Waals surface area contributed by atoms with Gasteiger partial charge >= 0.3 is 0 Å². The Kier molecular flexibility index (Phi) is 6.46. The Bertz CT molecular complexity index is 809. The van der Waals surface area contributed by atoms with E-state index in [9.17, 15) is 4.79 Å². The molecule has 4 rings (SSSR count). The molecule has 0 spiro atoms. The summed E-state index contributed by atoms with van der Waals surface area (Å²) in [5, 5.41) is 12.6. The first-order valence-electron chi connectivity index (χ1n) is 10.1. The van der Waals surface area contributed by atoms with E-state index in [1.807, 2.05) is 36.4 Å². The Balaban J connectivity index is 1.32. The lowest BCUT2D eigenvalue weighted by Gasteiger charge is -2.33. The molecular weight excluding hydrogens is 390 g/mol. The van der Waals surface area contributed by atoms with E-state index >= 15 is 0 Å². The largest absolute Gasteiger partial charge is 0.378 e. The summed E-state index contributed by atoms with van der Waals surface area (Å²) in [6.45, 7) is 5.21. The van der Waals surface area contributed by atoms with Crippen molar-refractivity contribution < 1.29 is 9.53 Å². The Morgan fingerprint density at radius 3 is 2.41 bits per heavy atom. The summed E-state index contributed by atoms with van der Waals surface area (Å²) in [6, 6.07) is 11.6. The monoisotopic (exact) mass is 415 g/mol. The molecule has 0 bridgehead atoms. The smallest absolute Gasteiger partial charge is 0.225 e. The highest BCUT2D eigenvalue weighted by molar-refractivity contribution is 6.30.